The number of hydrogen-bond acceptors (Lipinski definition) is 4. The number of benzene rings is 6. The van der Waals surface area contributed by atoms with Gasteiger partial charge >= 0.3 is 0 Å². The van der Waals surface area contributed by atoms with E-state index in [2.05, 4.69) is 168 Å². The van der Waals surface area contributed by atoms with Crippen LogP contribution in [0.2, 0.25) is 0 Å². The minimum Gasteiger partial charge on any atom is -0.255 e. The van der Waals surface area contributed by atoms with Crippen LogP contribution in [-0.4, -0.2) is 19.9 Å². The Morgan fingerprint density at radius 3 is 1.41 bits per heavy atom. The molecule has 10 aromatic rings. The molecule has 0 saturated carbocycles. The Morgan fingerprint density at radius 1 is 0.286 bits per heavy atom. The summed E-state index contributed by atoms with van der Waals surface area (Å²) in [5.74, 6) is 0. The van der Waals surface area contributed by atoms with E-state index in [0.717, 1.165) is 72.6 Å². The van der Waals surface area contributed by atoms with Crippen molar-refractivity contribution in [3.05, 3.63) is 207 Å². The van der Waals surface area contributed by atoms with E-state index in [1.165, 1.54) is 27.6 Å². The molecule has 4 heteroatoms. The van der Waals surface area contributed by atoms with Gasteiger partial charge in [-0.15, -0.1) is 0 Å². The van der Waals surface area contributed by atoms with E-state index in [0.29, 0.717) is 0 Å². The van der Waals surface area contributed by atoms with Crippen LogP contribution >= 0.6 is 0 Å². The van der Waals surface area contributed by atoms with Crippen molar-refractivity contribution in [2.24, 2.45) is 0 Å². The van der Waals surface area contributed by atoms with Crippen LogP contribution in [0.1, 0.15) is 0 Å². The van der Waals surface area contributed by atoms with Gasteiger partial charge in [0.15, 0.2) is 0 Å². The first-order valence-electron chi connectivity index (χ1n) is 18.8. The summed E-state index contributed by atoms with van der Waals surface area (Å²) in [6, 6.07) is 68.0. The summed E-state index contributed by atoms with van der Waals surface area (Å²) in [6.45, 7) is 0. The Morgan fingerprint density at radius 2 is 0.804 bits per heavy atom. The maximum absolute atomic E-state index is 5.30. The second-order valence-electron chi connectivity index (χ2n) is 13.9. The molecule has 0 N–H and O–H groups in total. The molecule has 0 aliphatic carbocycles. The highest BCUT2D eigenvalue weighted by Gasteiger charge is 2.16. The molecule has 4 nitrogen and oxygen atoms in total. The molecule has 0 fully saturated rings. The van der Waals surface area contributed by atoms with Crippen LogP contribution in [0, 0.1) is 0 Å². The van der Waals surface area contributed by atoms with Gasteiger partial charge in [0.1, 0.15) is 0 Å². The maximum atomic E-state index is 5.30. The highest BCUT2D eigenvalue weighted by atomic mass is 14.8. The molecular formula is C52H34N4. The van der Waals surface area contributed by atoms with Crippen molar-refractivity contribution >= 4 is 21.7 Å². The van der Waals surface area contributed by atoms with E-state index in [1.54, 1.807) is 12.4 Å². The number of aromatic nitrogens is 4. The van der Waals surface area contributed by atoms with Crippen LogP contribution in [0.5, 0.6) is 0 Å². The van der Waals surface area contributed by atoms with E-state index in [-0.39, 0.29) is 0 Å². The molecule has 0 unspecified atom stereocenters. The summed E-state index contributed by atoms with van der Waals surface area (Å²) in [7, 11) is 0. The number of nitrogens with zero attached hydrogens (tertiary/aromatic N) is 4. The number of pyridine rings is 4. The van der Waals surface area contributed by atoms with E-state index >= 15 is 0 Å². The Bertz CT molecular complexity index is 2910. The van der Waals surface area contributed by atoms with Crippen molar-refractivity contribution < 1.29 is 0 Å². The fourth-order valence-electron chi connectivity index (χ4n) is 7.61. The van der Waals surface area contributed by atoms with Crippen molar-refractivity contribution in [2.75, 3.05) is 0 Å². The number of fused-ring (bicyclic) bond motifs is 3. The normalized spacial score (nSPS) is 11.2. The van der Waals surface area contributed by atoms with Gasteiger partial charge in [0.2, 0.25) is 0 Å². The molecule has 0 atom stereocenters. The van der Waals surface area contributed by atoms with Gasteiger partial charge in [-0.1, -0.05) is 146 Å². The van der Waals surface area contributed by atoms with Crippen molar-refractivity contribution in [1.82, 2.24) is 19.9 Å². The molecule has 0 amide bonds. The molecule has 0 bridgehead atoms. The Labute approximate surface area is 325 Å². The molecule has 6 aromatic carbocycles. The van der Waals surface area contributed by atoms with Crippen molar-refractivity contribution in [1.29, 1.82) is 0 Å². The van der Waals surface area contributed by atoms with E-state index in [1.807, 2.05) is 36.4 Å². The lowest BCUT2D eigenvalue weighted by molar-refractivity contribution is 1.22. The fourth-order valence-corrected chi connectivity index (χ4v) is 7.61. The van der Waals surface area contributed by atoms with E-state index in [9.17, 15) is 0 Å². The molecule has 10 rings (SSSR count). The second-order valence-corrected chi connectivity index (χ2v) is 13.9. The standard InChI is InChI=1S/C52H34N4/c1-3-12-35(13-4-1)36-24-26-39(27-25-36)43-16-11-17-44-51(43)45-32-41(28-29-46(45)56-52(44)40-14-5-2-6-15-40)37-20-22-38(23-21-37)42-33-49(47-18-7-9-30-53-47)55-50(34-42)48-19-8-10-31-54-48/h1-34H. The lowest BCUT2D eigenvalue weighted by Gasteiger charge is -2.16. The van der Waals surface area contributed by atoms with Crippen molar-refractivity contribution in [3.63, 3.8) is 0 Å². The molecule has 4 heterocycles. The van der Waals surface area contributed by atoms with Gasteiger partial charge < -0.3 is 0 Å². The van der Waals surface area contributed by atoms with E-state index < -0.39 is 0 Å². The van der Waals surface area contributed by atoms with Crippen LogP contribution in [0.3, 0.4) is 0 Å². The Balaban J connectivity index is 1.09. The monoisotopic (exact) mass is 714 g/mol. The summed E-state index contributed by atoms with van der Waals surface area (Å²) in [5.41, 5.74) is 15.5. The van der Waals surface area contributed by atoms with Crippen LogP contribution in [-0.2, 0) is 0 Å². The van der Waals surface area contributed by atoms with Gasteiger partial charge in [0.05, 0.1) is 34.0 Å². The quantitative estimate of drug-likeness (QED) is 0.154. The van der Waals surface area contributed by atoms with Gasteiger partial charge in [0, 0.05) is 34.1 Å². The summed E-state index contributed by atoms with van der Waals surface area (Å²) >= 11 is 0. The summed E-state index contributed by atoms with van der Waals surface area (Å²) in [4.78, 5) is 19.5. The molecule has 0 spiro atoms. The average molecular weight is 715 g/mol. The first-order valence-corrected chi connectivity index (χ1v) is 18.8. The number of hydrogen-bond donors (Lipinski definition) is 0. The van der Waals surface area contributed by atoms with Gasteiger partial charge in [-0.05, 0) is 93.0 Å². The van der Waals surface area contributed by atoms with Crippen molar-refractivity contribution in [2.45, 2.75) is 0 Å². The third kappa shape index (κ3) is 6.29. The molecular weight excluding hydrogens is 681 g/mol. The number of rotatable bonds is 7. The minimum atomic E-state index is 0.808. The van der Waals surface area contributed by atoms with Crippen LogP contribution in [0.25, 0.3) is 100 Å². The zero-order valence-electron chi connectivity index (χ0n) is 30.4. The summed E-state index contributed by atoms with van der Waals surface area (Å²) in [5, 5.41) is 3.45. The minimum absolute atomic E-state index is 0.808. The molecule has 0 aliphatic rings. The third-order valence-electron chi connectivity index (χ3n) is 10.4. The lowest BCUT2D eigenvalue weighted by Crippen LogP contribution is -1.94. The molecule has 56 heavy (non-hydrogen) atoms. The maximum Gasteiger partial charge on any atom is 0.0900 e. The topological polar surface area (TPSA) is 51.6 Å². The molecule has 262 valence electrons. The van der Waals surface area contributed by atoms with Gasteiger partial charge in [-0.25, -0.2) is 9.97 Å². The first-order chi connectivity index (χ1) is 27.7. The van der Waals surface area contributed by atoms with Crippen LogP contribution in [0.15, 0.2) is 207 Å². The fraction of sp³-hybridized carbons (Fsp3) is 0. The predicted octanol–water partition coefficient (Wildman–Crippen LogP) is 13.2. The van der Waals surface area contributed by atoms with E-state index in [4.69, 9.17) is 9.97 Å². The van der Waals surface area contributed by atoms with Crippen molar-refractivity contribution in [3.8, 4) is 78.5 Å². The molecule has 0 aliphatic heterocycles. The Kier molecular flexibility index (Phi) is 8.47. The van der Waals surface area contributed by atoms with Gasteiger partial charge in [0.25, 0.3) is 0 Å². The second kappa shape index (κ2) is 14.3. The lowest BCUT2D eigenvalue weighted by atomic mass is 9.91. The molecule has 0 radical (unpaired) electrons. The summed E-state index contributed by atoms with van der Waals surface area (Å²) < 4.78 is 0. The van der Waals surface area contributed by atoms with Crippen LogP contribution < -0.4 is 0 Å². The highest BCUT2D eigenvalue weighted by Crippen LogP contribution is 2.40. The molecule has 4 aromatic heterocycles. The third-order valence-corrected chi connectivity index (χ3v) is 10.4. The van der Waals surface area contributed by atoms with Gasteiger partial charge in [-0.3, -0.25) is 9.97 Å². The Hall–Kier alpha value is -7.56. The smallest absolute Gasteiger partial charge is 0.0900 e. The summed E-state index contributed by atoms with van der Waals surface area (Å²) in [6.07, 6.45) is 3.60. The zero-order valence-corrected chi connectivity index (χ0v) is 30.4. The largest absolute Gasteiger partial charge is 0.255 e. The zero-order chi connectivity index (χ0) is 37.3. The molecule has 0 saturated heterocycles. The first kappa shape index (κ1) is 33.0. The predicted molar refractivity (Wildman–Crippen MR) is 231 cm³/mol. The van der Waals surface area contributed by atoms with Crippen LogP contribution in [0.4, 0.5) is 0 Å². The average Bonchev–Trinajstić information content (AvgIpc) is 3.29. The highest BCUT2D eigenvalue weighted by molar-refractivity contribution is 6.17. The SMILES string of the molecule is c1ccc(-c2ccc(-c3cccc4c(-c5ccccc5)nc5ccc(-c6ccc(-c7cc(-c8ccccn8)nc(-c8ccccn8)c7)cc6)cc5c34)cc2)cc1. The van der Waals surface area contributed by atoms with Gasteiger partial charge in [-0.2, -0.15) is 0 Å².